The molecule has 0 saturated carbocycles. The second-order valence-corrected chi connectivity index (χ2v) is 7.30. The van der Waals surface area contributed by atoms with Crippen molar-refractivity contribution in [1.29, 1.82) is 0 Å². The summed E-state index contributed by atoms with van der Waals surface area (Å²) in [6.45, 7) is 1.86. The van der Waals surface area contributed by atoms with Gasteiger partial charge in [-0.25, -0.2) is 13.2 Å². The molecule has 2 aromatic carbocycles. The summed E-state index contributed by atoms with van der Waals surface area (Å²) in [6.07, 6.45) is -0.195. The molecule has 0 atom stereocenters. The molecule has 0 aliphatic carbocycles. The fourth-order valence-electron chi connectivity index (χ4n) is 2.06. The lowest BCUT2D eigenvalue weighted by atomic mass is 10.1. The second kappa shape index (κ2) is 6.75. The second-order valence-electron chi connectivity index (χ2n) is 5.19. The number of carbonyl (C=O) groups is 2. The molecule has 0 spiro atoms. The Morgan fingerprint density at radius 1 is 1.00 bits per heavy atom. The minimum Gasteiger partial charge on any atom is -0.478 e. The predicted molar refractivity (Wildman–Crippen MR) is 85.6 cm³/mol. The van der Waals surface area contributed by atoms with Crippen LogP contribution in [-0.2, 0) is 9.84 Å². The van der Waals surface area contributed by atoms with Gasteiger partial charge in [-0.3, -0.25) is 4.79 Å². The van der Waals surface area contributed by atoms with Crippen LogP contribution in [0.4, 0.5) is 0 Å². The highest BCUT2D eigenvalue weighted by atomic mass is 32.2. The molecule has 0 aromatic heterocycles. The quantitative estimate of drug-likeness (QED) is 0.822. The highest BCUT2D eigenvalue weighted by molar-refractivity contribution is 7.91. The molecule has 0 unspecified atom stereocenters. The highest BCUT2D eigenvalue weighted by Gasteiger charge is 2.17. The fourth-order valence-corrected chi connectivity index (χ4v) is 3.30. The van der Waals surface area contributed by atoms with Crippen LogP contribution in [-0.4, -0.2) is 31.0 Å². The van der Waals surface area contributed by atoms with Crippen molar-refractivity contribution in [3.63, 3.8) is 0 Å². The molecule has 120 valence electrons. The minimum atomic E-state index is -3.54. The third-order valence-electron chi connectivity index (χ3n) is 3.41. The molecule has 0 saturated heterocycles. The molecule has 5 nitrogen and oxygen atoms in total. The number of ketones is 1. The normalized spacial score (nSPS) is 11.2. The average Bonchev–Trinajstić information content (AvgIpc) is 2.53. The molecule has 0 aliphatic heterocycles. The van der Waals surface area contributed by atoms with Crippen LogP contribution < -0.4 is 0 Å². The van der Waals surface area contributed by atoms with Gasteiger partial charge in [-0.15, -0.1) is 0 Å². The molecule has 0 bridgehead atoms. The van der Waals surface area contributed by atoms with Crippen LogP contribution in [0.2, 0.25) is 0 Å². The number of carboxylic acid groups (broad SMARTS) is 1. The van der Waals surface area contributed by atoms with E-state index in [-0.39, 0.29) is 28.2 Å². The van der Waals surface area contributed by atoms with Crippen LogP contribution in [0.25, 0.3) is 0 Å². The van der Waals surface area contributed by atoms with Gasteiger partial charge in [0.1, 0.15) is 0 Å². The summed E-state index contributed by atoms with van der Waals surface area (Å²) in [5.41, 5.74) is 1.15. The molecule has 2 aromatic rings. The predicted octanol–water partition coefficient (Wildman–Crippen LogP) is 2.74. The summed E-state index contributed by atoms with van der Waals surface area (Å²) in [4.78, 5) is 23.2. The minimum absolute atomic E-state index is 0.00255. The van der Waals surface area contributed by atoms with Crippen LogP contribution in [0.3, 0.4) is 0 Å². The van der Waals surface area contributed by atoms with Gasteiger partial charge in [0, 0.05) is 12.0 Å². The molecule has 23 heavy (non-hydrogen) atoms. The SMILES string of the molecule is Cc1ccc(S(=O)(=O)CCC(=O)c2cccc(C(=O)O)c2)cc1. The maximum absolute atomic E-state index is 12.2. The molecular formula is C17H16O5S. The van der Waals surface area contributed by atoms with Crippen LogP contribution >= 0.6 is 0 Å². The molecule has 0 aliphatic rings. The van der Waals surface area contributed by atoms with Crippen molar-refractivity contribution in [3.8, 4) is 0 Å². The maximum atomic E-state index is 12.2. The number of sulfone groups is 1. The maximum Gasteiger partial charge on any atom is 0.335 e. The zero-order chi connectivity index (χ0) is 17.0. The number of carbonyl (C=O) groups excluding carboxylic acids is 1. The van der Waals surface area contributed by atoms with Crippen molar-refractivity contribution in [2.45, 2.75) is 18.2 Å². The van der Waals surface area contributed by atoms with E-state index in [0.29, 0.717) is 0 Å². The third kappa shape index (κ3) is 4.26. The van der Waals surface area contributed by atoms with E-state index in [1.165, 1.54) is 36.4 Å². The monoisotopic (exact) mass is 332 g/mol. The summed E-state index contributed by atoms with van der Waals surface area (Å²) in [5.74, 6) is -1.85. The number of aryl methyl sites for hydroxylation is 1. The lowest BCUT2D eigenvalue weighted by molar-refractivity contribution is 0.0697. The van der Waals surface area contributed by atoms with Gasteiger partial charge in [0.25, 0.3) is 0 Å². The van der Waals surface area contributed by atoms with Gasteiger partial charge in [-0.1, -0.05) is 29.8 Å². The largest absolute Gasteiger partial charge is 0.478 e. The van der Waals surface area contributed by atoms with Gasteiger partial charge in [0.15, 0.2) is 15.6 Å². The Morgan fingerprint density at radius 2 is 1.61 bits per heavy atom. The number of Topliss-reactive ketones (excluding diaryl/α,β-unsaturated/α-hetero) is 1. The molecule has 1 N–H and O–H groups in total. The Bertz CT molecular complexity index is 836. The lowest BCUT2D eigenvalue weighted by Gasteiger charge is -2.05. The average molecular weight is 332 g/mol. The number of rotatable bonds is 6. The van der Waals surface area contributed by atoms with Crippen LogP contribution in [0, 0.1) is 6.92 Å². The first kappa shape index (κ1) is 16.9. The van der Waals surface area contributed by atoms with Crippen LogP contribution in [0.15, 0.2) is 53.4 Å². The number of hydrogen-bond donors (Lipinski definition) is 1. The summed E-state index contributed by atoms with van der Waals surface area (Å²) < 4.78 is 24.4. The topological polar surface area (TPSA) is 88.5 Å². The van der Waals surface area contributed by atoms with Crippen molar-refractivity contribution in [2.24, 2.45) is 0 Å². The Hall–Kier alpha value is -2.47. The summed E-state index contributed by atoms with van der Waals surface area (Å²) in [7, 11) is -3.54. The molecule has 0 fully saturated rings. The number of carboxylic acids is 1. The summed E-state index contributed by atoms with van der Waals surface area (Å²) in [6, 6.07) is 12.0. The fraction of sp³-hybridized carbons (Fsp3) is 0.176. The Balaban J connectivity index is 2.10. The first-order chi connectivity index (χ1) is 10.8. The van der Waals surface area contributed by atoms with Gasteiger partial charge < -0.3 is 5.11 Å². The van der Waals surface area contributed by atoms with E-state index >= 15 is 0 Å². The lowest BCUT2D eigenvalue weighted by Crippen LogP contribution is -2.12. The van der Waals surface area contributed by atoms with Crippen molar-refractivity contribution in [2.75, 3.05) is 5.75 Å². The van der Waals surface area contributed by atoms with E-state index in [1.807, 2.05) is 6.92 Å². The molecule has 0 heterocycles. The van der Waals surface area contributed by atoms with Crippen LogP contribution in [0.5, 0.6) is 0 Å². The summed E-state index contributed by atoms with van der Waals surface area (Å²) in [5, 5.41) is 8.91. The Labute approximate surface area is 134 Å². The van der Waals surface area contributed by atoms with E-state index in [9.17, 15) is 18.0 Å². The smallest absolute Gasteiger partial charge is 0.335 e. The van der Waals surface area contributed by atoms with Gasteiger partial charge in [0.05, 0.1) is 16.2 Å². The summed E-state index contributed by atoms with van der Waals surface area (Å²) >= 11 is 0. The number of aromatic carboxylic acids is 1. The number of benzene rings is 2. The van der Waals surface area contributed by atoms with Crippen molar-refractivity contribution >= 4 is 21.6 Å². The molecule has 0 radical (unpaired) electrons. The van der Waals surface area contributed by atoms with Crippen LogP contribution in [0.1, 0.15) is 32.7 Å². The molecule has 0 amide bonds. The number of hydrogen-bond acceptors (Lipinski definition) is 4. The Morgan fingerprint density at radius 3 is 2.22 bits per heavy atom. The van der Waals surface area contributed by atoms with Crippen molar-refractivity contribution in [1.82, 2.24) is 0 Å². The van der Waals surface area contributed by atoms with Gasteiger partial charge in [0.2, 0.25) is 0 Å². The highest BCUT2D eigenvalue weighted by Crippen LogP contribution is 2.15. The molecule has 2 rings (SSSR count). The van der Waals surface area contributed by atoms with E-state index < -0.39 is 21.6 Å². The van der Waals surface area contributed by atoms with E-state index in [4.69, 9.17) is 5.11 Å². The van der Waals surface area contributed by atoms with Gasteiger partial charge in [-0.2, -0.15) is 0 Å². The van der Waals surface area contributed by atoms with Gasteiger partial charge in [-0.05, 0) is 31.2 Å². The third-order valence-corrected chi connectivity index (χ3v) is 5.14. The van der Waals surface area contributed by atoms with E-state index in [0.717, 1.165) is 5.56 Å². The molecular weight excluding hydrogens is 316 g/mol. The zero-order valence-electron chi connectivity index (χ0n) is 12.5. The first-order valence-corrected chi connectivity index (χ1v) is 8.61. The van der Waals surface area contributed by atoms with Gasteiger partial charge >= 0.3 is 5.97 Å². The standard InChI is InChI=1S/C17H16O5S/c1-12-5-7-15(8-6-12)23(21,22)10-9-16(18)13-3-2-4-14(11-13)17(19)20/h2-8,11H,9-10H2,1H3,(H,19,20). The van der Waals surface area contributed by atoms with E-state index in [1.54, 1.807) is 12.1 Å². The van der Waals surface area contributed by atoms with Crippen molar-refractivity contribution < 1.29 is 23.1 Å². The first-order valence-electron chi connectivity index (χ1n) is 6.95. The zero-order valence-corrected chi connectivity index (χ0v) is 13.3. The van der Waals surface area contributed by atoms with E-state index in [2.05, 4.69) is 0 Å². The molecule has 6 heteroatoms. The Kier molecular flexibility index (Phi) is 4.95. The van der Waals surface area contributed by atoms with Crippen molar-refractivity contribution in [3.05, 3.63) is 65.2 Å².